The molecular weight excluding hydrogens is 222 g/mol. The van der Waals surface area contributed by atoms with Gasteiger partial charge in [-0.3, -0.25) is 0 Å². The van der Waals surface area contributed by atoms with E-state index in [1.165, 1.54) is 22.1 Å². The summed E-state index contributed by atoms with van der Waals surface area (Å²) in [5.41, 5.74) is 4.97. The largest absolute Gasteiger partial charge is 0.459 e. The molecule has 0 aliphatic rings. The molecule has 0 radical (unpaired) electrons. The minimum absolute atomic E-state index is 0.108. The highest BCUT2D eigenvalue weighted by atomic mass is 16.3. The number of nitrogens with one attached hydrogen (secondary N) is 1. The molecule has 1 aromatic carbocycles. The number of benzene rings is 1. The molecule has 0 atom stereocenters. The van der Waals surface area contributed by atoms with Crippen molar-refractivity contribution in [2.24, 2.45) is 0 Å². The fourth-order valence-corrected chi connectivity index (χ4v) is 2.04. The van der Waals surface area contributed by atoms with Gasteiger partial charge in [0, 0.05) is 10.9 Å². The summed E-state index contributed by atoms with van der Waals surface area (Å²) in [5, 5.41) is 4.72. The van der Waals surface area contributed by atoms with Gasteiger partial charge in [0.05, 0.1) is 6.54 Å². The summed E-state index contributed by atoms with van der Waals surface area (Å²) in [6.45, 7) is 13.7. The lowest BCUT2D eigenvalue weighted by Crippen LogP contribution is -2.35. The highest BCUT2D eigenvalue weighted by Crippen LogP contribution is 2.28. The zero-order valence-corrected chi connectivity index (χ0v) is 12.3. The molecule has 98 valence electrons. The number of hydrogen-bond acceptors (Lipinski definition) is 2. The molecule has 18 heavy (non-hydrogen) atoms. The van der Waals surface area contributed by atoms with E-state index in [9.17, 15) is 0 Å². The maximum absolute atomic E-state index is 5.97. The molecule has 2 nitrogen and oxygen atoms in total. The van der Waals surface area contributed by atoms with Crippen LogP contribution in [-0.2, 0) is 6.54 Å². The molecule has 0 aliphatic heterocycles. The third-order valence-electron chi connectivity index (χ3n) is 3.43. The van der Waals surface area contributed by atoms with Gasteiger partial charge in [0.15, 0.2) is 0 Å². The van der Waals surface area contributed by atoms with Gasteiger partial charge in [-0.05, 0) is 70.4 Å². The highest BCUT2D eigenvalue weighted by molar-refractivity contribution is 5.83. The number of fused-ring (bicyclic) bond motifs is 1. The Labute approximate surface area is 109 Å². The van der Waals surface area contributed by atoms with Crippen LogP contribution in [0.4, 0.5) is 0 Å². The van der Waals surface area contributed by atoms with Gasteiger partial charge in [-0.15, -0.1) is 0 Å². The molecule has 0 fully saturated rings. The molecule has 1 N–H and O–H groups in total. The molecule has 0 amide bonds. The van der Waals surface area contributed by atoms with Gasteiger partial charge in [0.1, 0.15) is 11.3 Å². The van der Waals surface area contributed by atoms with E-state index in [0.717, 1.165) is 17.9 Å². The Kier molecular flexibility index (Phi) is 3.24. The molecule has 2 heteroatoms. The lowest BCUT2D eigenvalue weighted by Gasteiger charge is -2.19. The molecule has 1 heterocycles. The number of furan rings is 1. The van der Waals surface area contributed by atoms with Crippen LogP contribution in [0.25, 0.3) is 11.0 Å². The zero-order valence-electron chi connectivity index (χ0n) is 12.3. The van der Waals surface area contributed by atoms with Crippen LogP contribution in [0.1, 0.15) is 43.2 Å². The summed E-state index contributed by atoms with van der Waals surface area (Å²) in [7, 11) is 0. The van der Waals surface area contributed by atoms with Gasteiger partial charge in [0.2, 0.25) is 0 Å². The summed E-state index contributed by atoms with van der Waals surface area (Å²) >= 11 is 0. The summed E-state index contributed by atoms with van der Waals surface area (Å²) in [5.74, 6) is 1.05. The van der Waals surface area contributed by atoms with Crippen molar-refractivity contribution in [3.8, 4) is 0 Å². The molecule has 2 aromatic rings. The maximum Gasteiger partial charge on any atom is 0.134 e. The Morgan fingerprint density at radius 2 is 1.67 bits per heavy atom. The fourth-order valence-electron chi connectivity index (χ4n) is 2.04. The van der Waals surface area contributed by atoms with Gasteiger partial charge in [-0.25, -0.2) is 0 Å². The van der Waals surface area contributed by atoms with Gasteiger partial charge in [-0.1, -0.05) is 0 Å². The first-order chi connectivity index (χ1) is 8.28. The Bertz CT molecular complexity index is 573. The van der Waals surface area contributed by atoms with Crippen LogP contribution in [0, 0.1) is 20.8 Å². The minimum atomic E-state index is 0.108. The SMILES string of the molecule is Cc1cc2oc(CNC(C)(C)C)c(C)c2cc1C. The number of rotatable bonds is 2. The Balaban J connectivity index is 2.38. The minimum Gasteiger partial charge on any atom is -0.459 e. The number of aryl methyl sites for hydroxylation is 3. The van der Waals surface area contributed by atoms with E-state index in [0.29, 0.717) is 0 Å². The summed E-state index contributed by atoms with van der Waals surface area (Å²) in [6.07, 6.45) is 0. The monoisotopic (exact) mass is 245 g/mol. The second-order valence-electron chi connectivity index (χ2n) is 6.19. The molecule has 0 aliphatic carbocycles. The van der Waals surface area contributed by atoms with Crippen molar-refractivity contribution in [1.82, 2.24) is 5.32 Å². The molecule has 0 saturated heterocycles. The average molecular weight is 245 g/mol. The summed E-state index contributed by atoms with van der Waals surface area (Å²) in [6, 6.07) is 4.36. The summed E-state index contributed by atoms with van der Waals surface area (Å²) < 4.78 is 5.97. The third kappa shape index (κ3) is 2.59. The lowest BCUT2D eigenvalue weighted by molar-refractivity contribution is 0.394. The van der Waals surface area contributed by atoms with E-state index in [1.807, 2.05) is 0 Å². The number of hydrogen-bond donors (Lipinski definition) is 1. The quantitative estimate of drug-likeness (QED) is 0.855. The van der Waals surface area contributed by atoms with E-state index < -0.39 is 0 Å². The van der Waals surface area contributed by atoms with E-state index in [1.54, 1.807) is 0 Å². The van der Waals surface area contributed by atoms with Crippen molar-refractivity contribution in [2.45, 2.75) is 53.6 Å². The molecular formula is C16H23NO. The Hall–Kier alpha value is -1.28. The van der Waals surface area contributed by atoms with Crippen molar-refractivity contribution >= 4 is 11.0 Å². The van der Waals surface area contributed by atoms with Gasteiger partial charge < -0.3 is 9.73 Å². The molecule has 1 aromatic heterocycles. The van der Waals surface area contributed by atoms with E-state index in [2.05, 4.69) is 59.0 Å². The zero-order chi connectivity index (χ0) is 13.5. The van der Waals surface area contributed by atoms with Crippen molar-refractivity contribution < 1.29 is 4.42 Å². The Morgan fingerprint density at radius 1 is 1.06 bits per heavy atom. The van der Waals surface area contributed by atoms with Gasteiger partial charge in [0.25, 0.3) is 0 Å². The highest BCUT2D eigenvalue weighted by Gasteiger charge is 2.14. The normalized spacial score (nSPS) is 12.3. The van der Waals surface area contributed by atoms with Crippen molar-refractivity contribution in [3.05, 3.63) is 34.6 Å². The van der Waals surface area contributed by atoms with E-state index in [-0.39, 0.29) is 5.54 Å². The molecule has 0 bridgehead atoms. The molecule has 2 rings (SSSR count). The average Bonchev–Trinajstić information content (AvgIpc) is 2.53. The lowest BCUT2D eigenvalue weighted by atomic mass is 10.0. The van der Waals surface area contributed by atoms with Gasteiger partial charge in [-0.2, -0.15) is 0 Å². The third-order valence-corrected chi connectivity index (χ3v) is 3.43. The predicted molar refractivity (Wildman–Crippen MR) is 77.0 cm³/mol. The smallest absolute Gasteiger partial charge is 0.134 e. The molecule has 0 spiro atoms. The van der Waals surface area contributed by atoms with E-state index in [4.69, 9.17) is 4.42 Å². The fraction of sp³-hybridized carbons (Fsp3) is 0.500. The second-order valence-corrected chi connectivity index (χ2v) is 6.19. The molecule has 0 saturated carbocycles. The topological polar surface area (TPSA) is 25.2 Å². The van der Waals surface area contributed by atoms with Crippen LogP contribution in [-0.4, -0.2) is 5.54 Å². The maximum atomic E-state index is 5.97. The predicted octanol–water partition coefficient (Wildman–Crippen LogP) is 4.25. The van der Waals surface area contributed by atoms with Gasteiger partial charge >= 0.3 is 0 Å². The van der Waals surface area contributed by atoms with Crippen LogP contribution in [0.5, 0.6) is 0 Å². The van der Waals surface area contributed by atoms with Crippen molar-refractivity contribution in [1.29, 1.82) is 0 Å². The first-order valence-electron chi connectivity index (χ1n) is 6.52. The van der Waals surface area contributed by atoms with Crippen molar-refractivity contribution in [3.63, 3.8) is 0 Å². The first kappa shape index (κ1) is 13.2. The van der Waals surface area contributed by atoms with Crippen LogP contribution in [0.3, 0.4) is 0 Å². The van der Waals surface area contributed by atoms with Crippen LogP contribution in [0.15, 0.2) is 16.5 Å². The first-order valence-corrected chi connectivity index (χ1v) is 6.52. The molecule has 0 unspecified atom stereocenters. The van der Waals surface area contributed by atoms with Crippen LogP contribution in [0.2, 0.25) is 0 Å². The van der Waals surface area contributed by atoms with Crippen molar-refractivity contribution in [2.75, 3.05) is 0 Å². The Morgan fingerprint density at radius 3 is 2.28 bits per heavy atom. The van der Waals surface area contributed by atoms with E-state index >= 15 is 0 Å². The second kappa shape index (κ2) is 4.43. The summed E-state index contributed by atoms with van der Waals surface area (Å²) in [4.78, 5) is 0. The van der Waals surface area contributed by atoms with Crippen LogP contribution >= 0.6 is 0 Å². The standard InChI is InChI=1S/C16H23NO/c1-10-7-13-12(3)15(9-17-16(4,5)6)18-14(13)8-11(10)2/h7-8,17H,9H2,1-6H3. The van der Waals surface area contributed by atoms with Crippen LogP contribution < -0.4 is 5.32 Å².